The van der Waals surface area contributed by atoms with Crippen molar-refractivity contribution in [2.24, 2.45) is 0 Å². The minimum Gasteiger partial charge on any atom is -0.313 e. The first-order chi connectivity index (χ1) is 9.11. The summed E-state index contributed by atoms with van der Waals surface area (Å²) in [6, 6.07) is 15.7. The molecule has 1 N–H and O–H groups in total. The van der Waals surface area contributed by atoms with E-state index in [1.165, 1.54) is 25.8 Å². The molecule has 0 spiro atoms. The Balaban J connectivity index is 2.27. The van der Waals surface area contributed by atoms with Crippen LogP contribution in [-0.4, -0.2) is 7.05 Å². The van der Waals surface area contributed by atoms with E-state index in [1.54, 1.807) is 0 Å². The van der Waals surface area contributed by atoms with E-state index in [9.17, 15) is 0 Å². The van der Waals surface area contributed by atoms with E-state index in [0.29, 0.717) is 6.04 Å². The normalized spacial score (nSPS) is 12.4. The Morgan fingerprint density at radius 1 is 1.00 bits per heavy atom. The van der Waals surface area contributed by atoms with E-state index < -0.39 is 0 Å². The van der Waals surface area contributed by atoms with Crippen LogP contribution >= 0.6 is 22.6 Å². The van der Waals surface area contributed by atoms with Crippen LogP contribution in [0.4, 0.5) is 0 Å². The zero-order valence-electron chi connectivity index (χ0n) is 11.7. The average molecular weight is 365 g/mol. The first-order valence-electron chi connectivity index (χ1n) is 6.59. The monoisotopic (exact) mass is 365 g/mol. The number of benzene rings is 2. The first kappa shape index (κ1) is 14.5. The highest BCUT2D eigenvalue weighted by molar-refractivity contribution is 14.1. The molecule has 0 aromatic heterocycles. The summed E-state index contributed by atoms with van der Waals surface area (Å²) in [5, 5.41) is 3.46. The Hall–Kier alpha value is -0.870. The molecule has 2 aromatic carbocycles. The highest BCUT2D eigenvalue weighted by atomic mass is 127. The van der Waals surface area contributed by atoms with Crippen molar-refractivity contribution in [2.45, 2.75) is 26.3 Å². The predicted octanol–water partition coefficient (Wildman–Crippen LogP) is 4.41. The van der Waals surface area contributed by atoms with Gasteiger partial charge in [0.05, 0.1) is 0 Å². The van der Waals surface area contributed by atoms with Gasteiger partial charge in [-0.25, -0.2) is 0 Å². The number of aryl methyl sites for hydroxylation is 2. The summed E-state index contributed by atoms with van der Waals surface area (Å²) in [6.45, 7) is 4.39. The third-order valence-corrected chi connectivity index (χ3v) is 4.31. The molecule has 0 bridgehead atoms. The summed E-state index contributed by atoms with van der Waals surface area (Å²) in [7, 11) is 2.04. The fourth-order valence-electron chi connectivity index (χ4n) is 2.58. The molecule has 2 heteroatoms. The van der Waals surface area contributed by atoms with Gasteiger partial charge < -0.3 is 5.32 Å². The molecule has 0 saturated carbocycles. The quantitative estimate of drug-likeness (QED) is 0.792. The van der Waals surface area contributed by atoms with Gasteiger partial charge in [-0.05, 0) is 84.3 Å². The lowest BCUT2D eigenvalue weighted by molar-refractivity contribution is 0.586. The molecular formula is C17H20IN. The van der Waals surface area contributed by atoms with Crippen LogP contribution in [0.2, 0.25) is 0 Å². The molecule has 0 amide bonds. The van der Waals surface area contributed by atoms with Crippen LogP contribution < -0.4 is 5.32 Å². The standard InChI is InChI=1S/C17H20IN/c1-12-5-4-6-13(2)17(12)16(19-3)11-14-7-9-15(18)10-8-14/h4-10,16,19H,11H2,1-3H3. The lowest BCUT2D eigenvalue weighted by atomic mass is 9.92. The summed E-state index contributed by atoms with van der Waals surface area (Å²) in [5.74, 6) is 0. The van der Waals surface area contributed by atoms with E-state index in [-0.39, 0.29) is 0 Å². The van der Waals surface area contributed by atoms with Gasteiger partial charge in [-0.2, -0.15) is 0 Å². The highest BCUT2D eigenvalue weighted by Crippen LogP contribution is 2.25. The molecule has 100 valence electrons. The Labute approximate surface area is 129 Å². The molecule has 0 aliphatic heterocycles. The third-order valence-electron chi connectivity index (χ3n) is 3.59. The maximum Gasteiger partial charge on any atom is 0.0363 e. The van der Waals surface area contributed by atoms with E-state index in [4.69, 9.17) is 0 Å². The van der Waals surface area contributed by atoms with Crippen molar-refractivity contribution >= 4 is 22.6 Å². The lowest BCUT2D eigenvalue weighted by Crippen LogP contribution is -2.20. The fraction of sp³-hybridized carbons (Fsp3) is 0.294. The maximum absolute atomic E-state index is 3.46. The van der Waals surface area contributed by atoms with Gasteiger partial charge in [-0.15, -0.1) is 0 Å². The number of nitrogens with one attached hydrogen (secondary N) is 1. The number of hydrogen-bond donors (Lipinski definition) is 1. The SMILES string of the molecule is CNC(Cc1ccc(I)cc1)c1c(C)cccc1C. The third kappa shape index (κ3) is 3.57. The molecule has 0 fully saturated rings. The zero-order valence-corrected chi connectivity index (χ0v) is 13.9. The van der Waals surface area contributed by atoms with Crippen LogP contribution in [-0.2, 0) is 6.42 Å². The molecule has 19 heavy (non-hydrogen) atoms. The Bertz CT molecular complexity index is 525. The van der Waals surface area contributed by atoms with Gasteiger partial charge in [0.1, 0.15) is 0 Å². The maximum atomic E-state index is 3.46. The summed E-state index contributed by atoms with van der Waals surface area (Å²) in [6.07, 6.45) is 1.03. The van der Waals surface area contributed by atoms with Gasteiger partial charge in [0.25, 0.3) is 0 Å². The molecule has 2 rings (SSSR count). The number of halogens is 1. The molecule has 1 unspecified atom stereocenters. The van der Waals surface area contributed by atoms with Crippen molar-refractivity contribution in [1.29, 1.82) is 0 Å². The second-order valence-corrected chi connectivity index (χ2v) is 6.22. The lowest BCUT2D eigenvalue weighted by Gasteiger charge is -2.21. The van der Waals surface area contributed by atoms with Crippen LogP contribution in [0.1, 0.15) is 28.3 Å². The summed E-state index contributed by atoms with van der Waals surface area (Å²) >= 11 is 2.35. The topological polar surface area (TPSA) is 12.0 Å². The molecule has 0 saturated heterocycles. The van der Waals surface area contributed by atoms with Gasteiger partial charge in [0.2, 0.25) is 0 Å². The molecule has 0 radical (unpaired) electrons. The van der Waals surface area contributed by atoms with Crippen molar-refractivity contribution in [3.63, 3.8) is 0 Å². The molecule has 1 nitrogen and oxygen atoms in total. The van der Waals surface area contributed by atoms with Gasteiger partial charge in [0, 0.05) is 9.61 Å². The Kier molecular flexibility index (Phi) is 4.99. The molecule has 1 atom stereocenters. The van der Waals surface area contributed by atoms with E-state index in [1.807, 2.05) is 7.05 Å². The minimum absolute atomic E-state index is 0.376. The fourth-order valence-corrected chi connectivity index (χ4v) is 2.94. The Morgan fingerprint density at radius 3 is 2.11 bits per heavy atom. The predicted molar refractivity (Wildman–Crippen MR) is 90.6 cm³/mol. The number of hydrogen-bond acceptors (Lipinski definition) is 1. The van der Waals surface area contributed by atoms with Gasteiger partial charge in [-0.3, -0.25) is 0 Å². The molecular weight excluding hydrogens is 345 g/mol. The molecule has 0 aliphatic rings. The Morgan fingerprint density at radius 2 is 1.58 bits per heavy atom. The van der Waals surface area contributed by atoms with Crippen molar-refractivity contribution in [2.75, 3.05) is 7.05 Å². The smallest absolute Gasteiger partial charge is 0.0363 e. The van der Waals surface area contributed by atoms with Crippen molar-refractivity contribution < 1.29 is 0 Å². The zero-order chi connectivity index (χ0) is 13.8. The average Bonchev–Trinajstić information content (AvgIpc) is 2.39. The number of likely N-dealkylation sites (N-methyl/N-ethyl adjacent to an activating group) is 1. The molecule has 2 aromatic rings. The second kappa shape index (κ2) is 6.53. The molecule has 0 aliphatic carbocycles. The van der Waals surface area contributed by atoms with Gasteiger partial charge in [-0.1, -0.05) is 30.3 Å². The summed E-state index contributed by atoms with van der Waals surface area (Å²) in [5.41, 5.74) is 5.54. The van der Waals surface area contributed by atoms with E-state index in [0.717, 1.165) is 6.42 Å². The molecule has 0 heterocycles. The highest BCUT2D eigenvalue weighted by Gasteiger charge is 2.14. The van der Waals surface area contributed by atoms with Crippen LogP contribution in [0, 0.1) is 17.4 Å². The number of rotatable bonds is 4. The largest absolute Gasteiger partial charge is 0.313 e. The van der Waals surface area contributed by atoms with Crippen LogP contribution in [0.5, 0.6) is 0 Å². The minimum atomic E-state index is 0.376. The van der Waals surface area contributed by atoms with E-state index >= 15 is 0 Å². The van der Waals surface area contributed by atoms with Gasteiger partial charge >= 0.3 is 0 Å². The van der Waals surface area contributed by atoms with Crippen molar-refractivity contribution in [1.82, 2.24) is 5.32 Å². The van der Waals surface area contributed by atoms with Crippen LogP contribution in [0.3, 0.4) is 0 Å². The van der Waals surface area contributed by atoms with E-state index in [2.05, 4.69) is 84.2 Å². The second-order valence-electron chi connectivity index (χ2n) is 4.98. The van der Waals surface area contributed by atoms with Gasteiger partial charge in [0.15, 0.2) is 0 Å². The van der Waals surface area contributed by atoms with Crippen molar-refractivity contribution in [3.05, 3.63) is 68.3 Å². The van der Waals surface area contributed by atoms with Crippen LogP contribution in [0.25, 0.3) is 0 Å². The summed E-state index contributed by atoms with van der Waals surface area (Å²) in [4.78, 5) is 0. The first-order valence-corrected chi connectivity index (χ1v) is 7.67. The van der Waals surface area contributed by atoms with Crippen LogP contribution in [0.15, 0.2) is 42.5 Å². The van der Waals surface area contributed by atoms with Crippen molar-refractivity contribution in [3.8, 4) is 0 Å². The summed E-state index contributed by atoms with van der Waals surface area (Å²) < 4.78 is 1.29.